The molecule has 7 nitrogen and oxygen atoms in total. The van der Waals surface area contributed by atoms with Crippen molar-refractivity contribution in [3.8, 4) is 5.75 Å². The molecule has 0 aromatic heterocycles. The molecule has 27 heavy (non-hydrogen) atoms. The van der Waals surface area contributed by atoms with Crippen LogP contribution in [0.2, 0.25) is 0 Å². The number of rotatable bonds is 2. The lowest BCUT2D eigenvalue weighted by atomic mass is 9.80. The monoisotopic (exact) mass is 365 g/mol. The Morgan fingerprint density at radius 2 is 1.89 bits per heavy atom. The highest BCUT2D eigenvalue weighted by atomic mass is 16.6. The second-order valence-electron chi connectivity index (χ2n) is 6.93. The third-order valence-corrected chi connectivity index (χ3v) is 5.63. The molecule has 0 fully saturated rings. The molecule has 3 N–H and O–H groups in total. The van der Waals surface area contributed by atoms with E-state index >= 15 is 0 Å². The fraction of sp³-hybridized carbons (Fsp3) is 0.250. The number of carbonyl (C=O) groups is 2. The number of guanidine groups is 1. The maximum absolute atomic E-state index is 13.6. The summed E-state index contributed by atoms with van der Waals surface area (Å²) in [4.78, 5) is 25.8. The molecular weight excluding hydrogens is 346 g/mol. The summed E-state index contributed by atoms with van der Waals surface area (Å²) in [6.45, 7) is 3.82. The van der Waals surface area contributed by atoms with Crippen molar-refractivity contribution in [2.24, 2.45) is 0 Å². The Balaban J connectivity index is 2.07. The Kier molecular flexibility index (Phi) is 3.45. The first-order valence-electron chi connectivity index (χ1n) is 8.49. The average Bonchev–Trinajstić information content (AvgIpc) is 3.00. The second-order valence-corrected chi connectivity index (χ2v) is 6.93. The van der Waals surface area contributed by atoms with Crippen LogP contribution >= 0.6 is 0 Å². The van der Waals surface area contributed by atoms with Crippen molar-refractivity contribution in [1.82, 2.24) is 10.2 Å². The molecule has 2 aromatic rings. The van der Waals surface area contributed by atoms with E-state index in [0.29, 0.717) is 28.8 Å². The number of aliphatic hydroxyl groups is 1. The van der Waals surface area contributed by atoms with Crippen LogP contribution in [0, 0.1) is 19.3 Å². The Morgan fingerprint density at radius 3 is 2.59 bits per heavy atom. The molecule has 7 heteroatoms. The molecule has 2 aliphatic rings. The van der Waals surface area contributed by atoms with Gasteiger partial charge < -0.3 is 14.7 Å². The van der Waals surface area contributed by atoms with Crippen LogP contribution in [0.4, 0.5) is 0 Å². The maximum atomic E-state index is 13.6. The van der Waals surface area contributed by atoms with Gasteiger partial charge in [-0.3, -0.25) is 20.3 Å². The van der Waals surface area contributed by atoms with E-state index < -0.39 is 11.3 Å². The number of fused-ring (bicyclic) bond motifs is 5. The third-order valence-electron chi connectivity index (χ3n) is 5.63. The van der Waals surface area contributed by atoms with Gasteiger partial charge in [-0.1, -0.05) is 24.3 Å². The number of likely N-dealkylation sites (N-methyl/N-ethyl adjacent to an activating group) is 1. The minimum absolute atomic E-state index is 0.320. The van der Waals surface area contributed by atoms with Crippen LogP contribution in [0.3, 0.4) is 0 Å². The predicted molar refractivity (Wildman–Crippen MR) is 97.6 cm³/mol. The second kappa shape index (κ2) is 5.40. The number of hydrogen-bond acceptors (Lipinski definition) is 5. The molecule has 1 heterocycles. The van der Waals surface area contributed by atoms with E-state index in [2.05, 4.69) is 5.32 Å². The van der Waals surface area contributed by atoms with Crippen LogP contribution < -0.4 is 10.1 Å². The van der Waals surface area contributed by atoms with Gasteiger partial charge in [0.25, 0.3) is 5.79 Å². The van der Waals surface area contributed by atoms with Gasteiger partial charge in [-0.2, -0.15) is 0 Å². The van der Waals surface area contributed by atoms with Gasteiger partial charge in [-0.15, -0.1) is 0 Å². The summed E-state index contributed by atoms with van der Waals surface area (Å²) in [6.07, 6.45) is 0.359. The van der Waals surface area contributed by atoms with Crippen LogP contribution in [-0.4, -0.2) is 35.2 Å². The zero-order valence-electron chi connectivity index (χ0n) is 15.2. The topological polar surface area (TPSA) is 103 Å². The molecule has 0 radical (unpaired) electrons. The molecule has 2 unspecified atom stereocenters. The van der Waals surface area contributed by atoms with Crippen LogP contribution in [-0.2, 0) is 16.1 Å². The average molecular weight is 365 g/mol. The normalized spacial score (nSPS) is 24.5. The summed E-state index contributed by atoms with van der Waals surface area (Å²) in [6, 6.07) is 10.3. The number of benzene rings is 2. The zero-order valence-corrected chi connectivity index (χ0v) is 15.2. The number of ether oxygens (including phenoxy) is 1. The van der Waals surface area contributed by atoms with Gasteiger partial charge in [-0.25, -0.2) is 0 Å². The first-order chi connectivity index (χ1) is 12.8. The number of aryl methyl sites for hydroxylation is 2. The number of carbonyl (C=O) groups excluding carboxylic acids is 2. The minimum Gasteiger partial charge on any atom is -0.454 e. The maximum Gasteiger partial charge on any atom is 0.271 e. The standard InChI is InChI=1S/C20H19N3O4/c1-11-8-15-16(9-12(11)2)27-20(26)14-7-5-4-6-13(14)17(25)19(15,20)23(3)18(21)22-10-24/h4-10,26H,1-3H3,(H2,21,22,24). The SMILES string of the molecule is Cc1cc2c(cc1C)C1(N(C)C(=N)NC=O)C(=O)c3ccccc3C1(O)O2. The Bertz CT molecular complexity index is 1020. The van der Waals surface area contributed by atoms with Crippen LogP contribution in [0.1, 0.15) is 32.6 Å². The molecule has 138 valence electrons. The Hall–Kier alpha value is -3.19. The van der Waals surface area contributed by atoms with Gasteiger partial charge in [0.1, 0.15) is 5.75 Å². The summed E-state index contributed by atoms with van der Waals surface area (Å²) < 4.78 is 5.98. The highest BCUT2D eigenvalue weighted by molar-refractivity contribution is 6.12. The molecule has 0 bridgehead atoms. The van der Waals surface area contributed by atoms with E-state index in [4.69, 9.17) is 10.1 Å². The van der Waals surface area contributed by atoms with Gasteiger partial charge in [0, 0.05) is 23.7 Å². The number of Topliss-reactive ketones (excluding diaryl/α,β-unsaturated/α-hetero) is 1. The molecule has 2 atom stereocenters. The lowest BCUT2D eigenvalue weighted by Crippen LogP contribution is -2.62. The molecule has 0 saturated heterocycles. The van der Waals surface area contributed by atoms with E-state index in [0.717, 1.165) is 11.1 Å². The molecule has 0 saturated carbocycles. The van der Waals surface area contributed by atoms with Crippen LogP contribution in [0.5, 0.6) is 5.75 Å². The van der Waals surface area contributed by atoms with Crippen molar-refractivity contribution >= 4 is 18.2 Å². The number of amides is 1. The van der Waals surface area contributed by atoms with Crippen molar-refractivity contribution in [1.29, 1.82) is 5.41 Å². The molecule has 1 aliphatic carbocycles. The Labute approximate surface area is 156 Å². The van der Waals surface area contributed by atoms with E-state index in [9.17, 15) is 14.7 Å². The number of hydrogen-bond donors (Lipinski definition) is 3. The van der Waals surface area contributed by atoms with Gasteiger partial charge in [0.05, 0.1) is 0 Å². The largest absolute Gasteiger partial charge is 0.454 e. The van der Waals surface area contributed by atoms with E-state index in [1.165, 1.54) is 11.9 Å². The highest BCUT2D eigenvalue weighted by Crippen LogP contribution is 2.60. The van der Waals surface area contributed by atoms with Crippen molar-refractivity contribution in [2.45, 2.75) is 25.2 Å². The summed E-state index contributed by atoms with van der Waals surface area (Å²) in [5, 5.41) is 22.1. The molecular formula is C20H19N3O4. The van der Waals surface area contributed by atoms with Gasteiger partial charge in [0.2, 0.25) is 17.7 Å². The molecule has 2 aromatic carbocycles. The highest BCUT2D eigenvalue weighted by Gasteiger charge is 2.73. The summed E-state index contributed by atoms with van der Waals surface area (Å²) >= 11 is 0. The van der Waals surface area contributed by atoms with Gasteiger partial charge in [-0.05, 0) is 37.1 Å². The number of ketones is 1. The lowest BCUT2D eigenvalue weighted by molar-refractivity contribution is -0.188. The molecule has 4 rings (SSSR count). The Morgan fingerprint density at radius 1 is 1.22 bits per heavy atom. The van der Waals surface area contributed by atoms with E-state index in [1.807, 2.05) is 13.8 Å². The quantitative estimate of drug-likeness (QED) is 0.426. The fourth-order valence-electron chi connectivity index (χ4n) is 4.15. The predicted octanol–water partition coefficient (Wildman–Crippen LogP) is 1.55. The van der Waals surface area contributed by atoms with Gasteiger partial charge >= 0.3 is 0 Å². The van der Waals surface area contributed by atoms with Crippen molar-refractivity contribution < 1.29 is 19.4 Å². The first kappa shape index (κ1) is 17.2. The number of nitrogens with zero attached hydrogens (tertiary/aromatic N) is 1. The first-order valence-corrected chi connectivity index (χ1v) is 8.49. The van der Waals surface area contributed by atoms with Crippen molar-refractivity contribution in [3.05, 3.63) is 64.2 Å². The summed E-state index contributed by atoms with van der Waals surface area (Å²) in [5.74, 6) is -2.34. The molecule has 1 amide bonds. The van der Waals surface area contributed by atoms with E-state index in [1.54, 1.807) is 36.4 Å². The van der Waals surface area contributed by atoms with Crippen molar-refractivity contribution in [2.75, 3.05) is 7.05 Å². The van der Waals surface area contributed by atoms with Crippen molar-refractivity contribution in [3.63, 3.8) is 0 Å². The minimum atomic E-state index is -2.02. The third kappa shape index (κ3) is 1.86. The summed E-state index contributed by atoms with van der Waals surface area (Å²) in [5.41, 5.74) is 1.30. The van der Waals surface area contributed by atoms with Crippen LogP contribution in [0.15, 0.2) is 36.4 Å². The number of nitrogens with one attached hydrogen (secondary N) is 2. The lowest BCUT2D eigenvalue weighted by Gasteiger charge is -2.41. The van der Waals surface area contributed by atoms with Crippen LogP contribution in [0.25, 0.3) is 0 Å². The smallest absolute Gasteiger partial charge is 0.271 e. The summed E-state index contributed by atoms with van der Waals surface area (Å²) in [7, 11) is 1.49. The fourth-order valence-corrected chi connectivity index (χ4v) is 4.15. The van der Waals surface area contributed by atoms with E-state index in [-0.39, 0.29) is 11.7 Å². The molecule has 1 aliphatic heterocycles. The molecule has 0 spiro atoms. The zero-order chi connectivity index (χ0) is 19.6. The van der Waals surface area contributed by atoms with Gasteiger partial charge in [0.15, 0.2) is 5.96 Å².